The molecule has 0 heterocycles. The minimum atomic E-state index is -1.65. The average Bonchev–Trinajstić information content (AvgIpc) is 2.39. The van der Waals surface area contributed by atoms with E-state index in [0.717, 1.165) is 0 Å². The molecule has 1 saturated carbocycles. The SMILES string of the molecule is CC[C@]1(F)C[C@]1(N)C(=O)O.Cl. The molecule has 0 spiro atoms. The maximum Gasteiger partial charge on any atom is 0.327 e. The van der Waals surface area contributed by atoms with Crippen molar-refractivity contribution in [2.24, 2.45) is 5.73 Å². The van der Waals surface area contributed by atoms with E-state index in [0.29, 0.717) is 0 Å². The van der Waals surface area contributed by atoms with E-state index in [1.54, 1.807) is 6.92 Å². The van der Waals surface area contributed by atoms with Gasteiger partial charge in [0.15, 0.2) is 5.54 Å². The number of carboxylic acids is 1. The molecule has 1 fully saturated rings. The van der Waals surface area contributed by atoms with Gasteiger partial charge in [-0.25, -0.2) is 4.39 Å². The number of carboxylic acid groups (broad SMARTS) is 1. The van der Waals surface area contributed by atoms with Crippen molar-refractivity contribution in [1.29, 1.82) is 0 Å². The molecule has 0 amide bonds. The Bertz CT molecular complexity index is 189. The van der Waals surface area contributed by atoms with Gasteiger partial charge in [0.05, 0.1) is 0 Å². The van der Waals surface area contributed by atoms with E-state index in [9.17, 15) is 9.18 Å². The first-order valence-electron chi connectivity index (χ1n) is 3.17. The fraction of sp³-hybridized carbons (Fsp3) is 0.833. The molecule has 0 aromatic heterocycles. The molecule has 2 atom stereocenters. The monoisotopic (exact) mass is 183 g/mol. The molecule has 0 saturated heterocycles. The quantitative estimate of drug-likeness (QED) is 0.663. The molecule has 1 aliphatic carbocycles. The number of rotatable bonds is 2. The van der Waals surface area contributed by atoms with Gasteiger partial charge in [-0.2, -0.15) is 0 Å². The summed E-state index contributed by atoms with van der Waals surface area (Å²) in [6, 6.07) is 0. The second kappa shape index (κ2) is 2.60. The van der Waals surface area contributed by atoms with Crippen LogP contribution in [0.25, 0.3) is 0 Å². The van der Waals surface area contributed by atoms with Crippen LogP contribution in [0.15, 0.2) is 0 Å². The van der Waals surface area contributed by atoms with Crippen LogP contribution in [0.4, 0.5) is 4.39 Å². The molecule has 1 aliphatic rings. The van der Waals surface area contributed by atoms with Crippen molar-refractivity contribution in [3.8, 4) is 0 Å². The van der Waals surface area contributed by atoms with Gasteiger partial charge in [0.1, 0.15) is 5.67 Å². The second-order valence-corrected chi connectivity index (χ2v) is 2.77. The molecule has 11 heavy (non-hydrogen) atoms. The highest BCUT2D eigenvalue weighted by atomic mass is 35.5. The molecule has 0 aromatic rings. The van der Waals surface area contributed by atoms with Crippen molar-refractivity contribution in [2.75, 3.05) is 0 Å². The predicted octanol–water partition coefficient (Wildman–Crippen LogP) is 0.712. The Balaban J connectivity index is 0.000001000. The summed E-state index contributed by atoms with van der Waals surface area (Å²) in [5.74, 6) is -1.24. The molecule has 3 N–H and O–H groups in total. The third-order valence-corrected chi connectivity index (χ3v) is 2.18. The van der Waals surface area contributed by atoms with Crippen LogP contribution in [0, 0.1) is 0 Å². The third kappa shape index (κ3) is 1.20. The van der Waals surface area contributed by atoms with E-state index in [1.807, 2.05) is 0 Å². The predicted molar refractivity (Wildman–Crippen MR) is 40.5 cm³/mol. The lowest BCUT2D eigenvalue weighted by Crippen LogP contribution is -2.40. The molecule has 0 aromatic carbocycles. The van der Waals surface area contributed by atoms with Gasteiger partial charge in [-0.15, -0.1) is 12.4 Å². The number of nitrogens with two attached hydrogens (primary N) is 1. The van der Waals surface area contributed by atoms with Crippen LogP contribution in [0.3, 0.4) is 0 Å². The van der Waals surface area contributed by atoms with Crippen LogP contribution in [-0.4, -0.2) is 22.3 Å². The number of hydrogen-bond acceptors (Lipinski definition) is 2. The van der Waals surface area contributed by atoms with Crippen molar-refractivity contribution >= 4 is 18.4 Å². The smallest absolute Gasteiger partial charge is 0.327 e. The van der Waals surface area contributed by atoms with Crippen molar-refractivity contribution in [3.05, 3.63) is 0 Å². The Labute approximate surface area is 70.2 Å². The maximum absolute atomic E-state index is 13.0. The highest BCUT2D eigenvalue weighted by molar-refractivity contribution is 5.85. The molecule has 0 radical (unpaired) electrons. The zero-order chi connectivity index (χ0) is 7.99. The van der Waals surface area contributed by atoms with E-state index in [-0.39, 0.29) is 25.2 Å². The van der Waals surface area contributed by atoms with Crippen LogP contribution in [-0.2, 0) is 4.79 Å². The molecular weight excluding hydrogens is 173 g/mol. The molecule has 0 unspecified atom stereocenters. The lowest BCUT2D eigenvalue weighted by atomic mass is 10.1. The molecule has 5 heteroatoms. The van der Waals surface area contributed by atoms with Gasteiger partial charge < -0.3 is 10.8 Å². The highest BCUT2D eigenvalue weighted by Gasteiger charge is 2.71. The Kier molecular flexibility index (Phi) is 2.52. The molecule has 3 nitrogen and oxygen atoms in total. The Morgan fingerprint density at radius 3 is 2.36 bits per heavy atom. The molecular formula is C6H11ClFNO2. The molecule has 1 rings (SSSR count). The zero-order valence-electron chi connectivity index (χ0n) is 6.13. The van der Waals surface area contributed by atoms with Gasteiger partial charge in [0.25, 0.3) is 0 Å². The van der Waals surface area contributed by atoms with E-state index in [1.165, 1.54) is 0 Å². The standard InChI is InChI=1S/C6H10FNO2.ClH/c1-2-5(7)3-6(5,8)4(9)10;/h2-3,8H2,1H3,(H,9,10);1H/t5-,6-;/m0./s1. The highest BCUT2D eigenvalue weighted by Crippen LogP contribution is 2.51. The zero-order valence-corrected chi connectivity index (χ0v) is 6.95. The molecule has 0 bridgehead atoms. The van der Waals surface area contributed by atoms with E-state index in [2.05, 4.69) is 0 Å². The summed E-state index contributed by atoms with van der Waals surface area (Å²) in [7, 11) is 0. The number of carbonyl (C=O) groups is 1. The molecule has 66 valence electrons. The minimum absolute atomic E-state index is 0. The first-order valence-corrected chi connectivity index (χ1v) is 3.17. The van der Waals surface area contributed by atoms with Gasteiger partial charge >= 0.3 is 5.97 Å². The Morgan fingerprint density at radius 1 is 1.82 bits per heavy atom. The summed E-state index contributed by atoms with van der Waals surface area (Å²) >= 11 is 0. The van der Waals surface area contributed by atoms with E-state index >= 15 is 0 Å². The van der Waals surface area contributed by atoms with Crippen molar-refractivity contribution in [3.63, 3.8) is 0 Å². The third-order valence-electron chi connectivity index (χ3n) is 2.18. The second-order valence-electron chi connectivity index (χ2n) is 2.77. The van der Waals surface area contributed by atoms with Gasteiger partial charge in [-0.05, 0) is 6.42 Å². The lowest BCUT2D eigenvalue weighted by Gasteiger charge is -2.07. The van der Waals surface area contributed by atoms with Crippen LogP contribution >= 0.6 is 12.4 Å². The number of halogens is 2. The minimum Gasteiger partial charge on any atom is -0.480 e. The maximum atomic E-state index is 13.0. The lowest BCUT2D eigenvalue weighted by molar-refractivity contribution is -0.140. The summed E-state index contributed by atoms with van der Waals surface area (Å²) in [6.45, 7) is 1.59. The van der Waals surface area contributed by atoms with Gasteiger partial charge in [-0.1, -0.05) is 6.92 Å². The molecule has 0 aliphatic heterocycles. The summed E-state index contributed by atoms with van der Waals surface area (Å²) in [6.07, 6.45) is 0.127. The van der Waals surface area contributed by atoms with Gasteiger partial charge in [0, 0.05) is 6.42 Å². The number of alkyl halides is 1. The average molecular weight is 184 g/mol. The van der Waals surface area contributed by atoms with E-state index in [4.69, 9.17) is 10.8 Å². The Morgan fingerprint density at radius 2 is 2.27 bits per heavy atom. The van der Waals surface area contributed by atoms with Crippen molar-refractivity contribution in [1.82, 2.24) is 0 Å². The summed E-state index contributed by atoms with van der Waals surface area (Å²) in [5.41, 5.74) is 1.95. The summed E-state index contributed by atoms with van der Waals surface area (Å²) in [4.78, 5) is 10.3. The van der Waals surface area contributed by atoms with Crippen molar-refractivity contribution < 1.29 is 14.3 Å². The topological polar surface area (TPSA) is 63.3 Å². The first-order chi connectivity index (χ1) is 4.46. The van der Waals surface area contributed by atoms with Crippen LogP contribution < -0.4 is 5.73 Å². The largest absolute Gasteiger partial charge is 0.480 e. The summed E-state index contributed by atoms with van der Waals surface area (Å²) in [5, 5.41) is 8.41. The summed E-state index contributed by atoms with van der Waals surface area (Å²) < 4.78 is 13.0. The first kappa shape index (κ1) is 10.7. The Hall–Kier alpha value is -0.350. The normalized spacial score (nSPS) is 41.0. The van der Waals surface area contributed by atoms with Crippen LogP contribution in [0.2, 0.25) is 0 Å². The van der Waals surface area contributed by atoms with Gasteiger partial charge in [-0.3, -0.25) is 4.79 Å². The van der Waals surface area contributed by atoms with Crippen LogP contribution in [0.5, 0.6) is 0 Å². The van der Waals surface area contributed by atoms with Gasteiger partial charge in [0.2, 0.25) is 0 Å². The fourth-order valence-electron chi connectivity index (χ4n) is 1.11. The van der Waals surface area contributed by atoms with Crippen LogP contribution in [0.1, 0.15) is 19.8 Å². The van der Waals surface area contributed by atoms with Crippen molar-refractivity contribution in [2.45, 2.75) is 31.0 Å². The fourth-order valence-corrected chi connectivity index (χ4v) is 1.11. The van der Waals surface area contributed by atoms with E-state index < -0.39 is 17.2 Å². The number of aliphatic carboxylic acids is 1. The number of hydrogen-bond donors (Lipinski definition) is 2.